The van der Waals surface area contributed by atoms with Gasteiger partial charge < -0.3 is 9.52 Å². The molecule has 2 rings (SSSR count). The molecule has 0 aliphatic carbocycles. The molecule has 0 amide bonds. The number of carboxylic acids is 1. The predicted molar refractivity (Wildman–Crippen MR) is 65.5 cm³/mol. The van der Waals surface area contributed by atoms with Gasteiger partial charge in [0.05, 0.1) is 16.0 Å². The molecule has 0 radical (unpaired) electrons. The molecule has 0 fully saturated rings. The summed E-state index contributed by atoms with van der Waals surface area (Å²) in [7, 11) is 0. The molecule has 1 heterocycles. The van der Waals surface area contributed by atoms with Crippen LogP contribution in [-0.4, -0.2) is 21.8 Å². The molecule has 0 spiro atoms. The summed E-state index contributed by atoms with van der Waals surface area (Å²) in [4.78, 5) is 14.6. The molecule has 1 N–H and O–H groups in total. The zero-order chi connectivity index (χ0) is 11.5. The molecular weight excluding hydrogens is 294 g/mol. The second kappa shape index (κ2) is 4.88. The number of hydrogen-bond donors (Lipinski definition) is 1. The van der Waals surface area contributed by atoms with Crippen LogP contribution in [0.5, 0.6) is 0 Å². The molecule has 16 heavy (non-hydrogen) atoms. The van der Waals surface area contributed by atoms with E-state index in [2.05, 4.69) is 20.9 Å². The third-order valence-electron chi connectivity index (χ3n) is 1.86. The number of hydrogen-bond acceptors (Lipinski definition) is 4. The second-order valence-corrected chi connectivity index (χ2v) is 4.92. The minimum atomic E-state index is -0.831. The molecular formula is C10H8BrNO3S. The van der Waals surface area contributed by atoms with Crippen molar-refractivity contribution >= 4 is 44.8 Å². The maximum atomic E-state index is 10.3. The van der Waals surface area contributed by atoms with Gasteiger partial charge in [-0.05, 0) is 28.1 Å². The highest BCUT2D eigenvalue weighted by Crippen LogP contribution is 2.25. The summed E-state index contributed by atoms with van der Waals surface area (Å²) in [5.41, 5.74) is 1.48. The number of fused-ring (bicyclic) bond motifs is 1. The van der Waals surface area contributed by atoms with Crippen LogP contribution in [0, 0.1) is 0 Å². The number of carbonyl (C=O) groups is 1. The normalized spacial score (nSPS) is 10.8. The fraction of sp³-hybridized carbons (Fsp3) is 0.200. The van der Waals surface area contributed by atoms with Gasteiger partial charge in [0, 0.05) is 0 Å². The number of benzene rings is 1. The SMILES string of the molecule is O=C(O)CSCc1nc2cccc(Br)c2o1. The predicted octanol–water partition coefficient (Wildman–Crippen LogP) is 2.91. The summed E-state index contributed by atoms with van der Waals surface area (Å²) in [6, 6.07) is 5.61. The molecule has 2 aromatic rings. The van der Waals surface area contributed by atoms with Crippen LogP contribution in [0.2, 0.25) is 0 Å². The number of halogens is 1. The maximum Gasteiger partial charge on any atom is 0.313 e. The highest BCUT2D eigenvalue weighted by molar-refractivity contribution is 9.10. The Labute approximate surface area is 104 Å². The summed E-state index contributed by atoms with van der Waals surface area (Å²) >= 11 is 4.63. The molecule has 1 aromatic heterocycles. The van der Waals surface area contributed by atoms with Gasteiger partial charge in [0.15, 0.2) is 5.58 Å². The minimum Gasteiger partial charge on any atom is -0.481 e. The lowest BCUT2D eigenvalue weighted by Gasteiger charge is -1.92. The van der Waals surface area contributed by atoms with Crippen LogP contribution >= 0.6 is 27.7 Å². The average Bonchev–Trinajstić information content (AvgIpc) is 2.61. The minimum absolute atomic E-state index is 0.0555. The molecule has 0 aliphatic heterocycles. The Hall–Kier alpha value is -1.01. The molecule has 0 aliphatic rings. The molecule has 0 unspecified atom stereocenters. The van der Waals surface area contributed by atoms with E-state index in [1.807, 2.05) is 18.2 Å². The Kier molecular flexibility index (Phi) is 3.50. The zero-order valence-corrected chi connectivity index (χ0v) is 10.5. The standard InChI is InChI=1S/C10H8BrNO3S/c11-6-2-1-3-7-10(6)15-8(12-7)4-16-5-9(13)14/h1-3H,4-5H2,(H,13,14). The Morgan fingerprint density at radius 2 is 2.38 bits per heavy atom. The van der Waals surface area contributed by atoms with E-state index in [0.717, 1.165) is 9.99 Å². The lowest BCUT2D eigenvalue weighted by atomic mass is 10.3. The highest BCUT2D eigenvalue weighted by atomic mass is 79.9. The first-order chi connectivity index (χ1) is 7.66. The first kappa shape index (κ1) is 11.5. The van der Waals surface area contributed by atoms with E-state index in [0.29, 0.717) is 17.2 Å². The van der Waals surface area contributed by atoms with E-state index in [9.17, 15) is 4.79 Å². The van der Waals surface area contributed by atoms with Crippen molar-refractivity contribution in [1.82, 2.24) is 4.98 Å². The highest BCUT2D eigenvalue weighted by Gasteiger charge is 2.08. The number of rotatable bonds is 4. The van der Waals surface area contributed by atoms with E-state index in [1.165, 1.54) is 11.8 Å². The lowest BCUT2D eigenvalue weighted by Crippen LogP contribution is -1.98. The largest absolute Gasteiger partial charge is 0.481 e. The molecule has 6 heteroatoms. The second-order valence-electron chi connectivity index (χ2n) is 3.08. The molecule has 0 atom stereocenters. The van der Waals surface area contributed by atoms with Crippen LogP contribution in [0.1, 0.15) is 5.89 Å². The van der Waals surface area contributed by atoms with Gasteiger partial charge in [-0.25, -0.2) is 4.98 Å². The monoisotopic (exact) mass is 301 g/mol. The topological polar surface area (TPSA) is 63.3 Å². The van der Waals surface area contributed by atoms with Gasteiger partial charge >= 0.3 is 5.97 Å². The van der Waals surface area contributed by atoms with Crippen LogP contribution in [0.4, 0.5) is 0 Å². The molecule has 1 aromatic carbocycles. The number of carboxylic acid groups (broad SMARTS) is 1. The molecule has 84 valence electrons. The number of para-hydroxylation sites is 1. The van der Waals surface area contributed by atoms with E-state index in [1.54, 1.807) is 0 Å². The fourth-order valence-corrected chi connectivity index (χ4v) is 2.26. The van der Waals surface area contributed by atoms with Gasteiger partial charge in [-0.1, -0.05) is 6.07 Å². The number of oxazole rings is 1. The maximum absolute atomic E-state index is 10.3. The van der Waals surface area contributed by atoms with Gasteiger partial charge in [-0.15, -0.1) is 11.8 Å². The van der Waals surface area contributed by atoms with Crippen LogP contribution < -0.4 is 0 Å². The molecule has 4 nitrogen and oxygen atoms in total. The van der Waals surface area contributed by atoms with Gasteiger partial charge in [0.25, 0.3) is 0 Å². The van der Waals surface area contributed by atoms with Crippen molar-refractivity contribution < 1.29 is 14.3 Å². The summed E-state index contributed by atoms with van der Waals surface area (Å²) in [5, 5.41) is 8.50. The number of nitrogens with zero attached hydrogens (tertiary/aromatic N) is 1. The summed E-state index contributed by atoms with van der Waals surface area (Å²) in [6.07, 6.45) is 0. The van der Waals surface area contributed by atoms with Crippen molar-refractivity contribution in [1.29, 1.82) is 0 Å². The van der Waals surface area contributed by atoms with E-state index in [4.69, 9.17) is 9.52 Å². The fourth-order valence-electron chi connectivity index (χ4n) is 1.25. The van der Waals surface area contributed by atoms with Crippen LogP contribution in [-0.2, 0) is 10.5 Å². The van der Waals surface area contributed by atoms with Crippen molar-refractivity contribution in [2.24, 2.45) is 0 Å². The van der Waals surface area contributed by atoms with Crippen molar-refractivity contribution in [2.45, 2.75) is 5.75 Å². The molecule has 0 bridgehead atoms. The van der Waals surface area contributed by atoms with E-state index in [-0.39, 0.29) is 5.75 Å². The average molecular weight is 302 g/mol. The first-order valence-corrected chi connectivity index (χ1v) is 6.45. The number of aromatic nitrogens is 1. The smallest absolute Gasteiger partial charge is 0.313 e. The van der Waals surface area contributed by atoms with Crippen molar-refractivity contribution in [3.63, 3.8) is 0 Å². The Bertz CT molecular complexity index is 526. The van der Waals surface area contributed by atoms with Crippen molar-refractivity contribution in [3.8, 4) is 0 Å². The molecule has 0 saturated carbocycles. The third kappa shape index (κ3) is 2.56. The Morgan fingerprint density at radius 3 is 3.06 bits per heavy atom. The first-order valence-electron chi connectivity index (χ1n) is 4.50. The van der Waals surface area contributed by atoms with Crippen molar-refractivity contribution in [3.05, 3.63) is 28.6 Å². The van der Waals surface area contributed by atoms with Gasteiger partial charge in [0.2, 0.25) is 5.89 Å². The van der Waals surface area contributed by atoms with Crippen molar-refractivity contribution in [2.75, 3.05) is 5.75 Å². The lowest BCUT2D eigenvalue weighted by molar-refractivity contribution is -0.133. The van der Waals surface area contributed by atoms with Gasteiger partial charge in [0.1, 0.15) is 5.52 Å². The number of thioether (sulfide) groups is 1. The van der Waals surface area contributed by atoms with Crippen LogP contribution in [0.15, 0.2) is 27.1 Å². The molecule has 0 saturated heterocycles. The third-order valence-corrected chi connectivity index (χ3v) is 3.39. The Balaban J connectivity index is 2.14. The number of aliphatic carboxylic acids is 1. The summed E-state index contributed by atoms with van der Waals surface area (Å²) in [6.45, 7) is 0. The summed E-state index contributed by atoms with van der Waals surface area (Å²) < 4.78 is 6.36. The Morgan fingerprint density at radius 1 is 1.56 bits per heavy atom. The summed E-state index contributed by atoms with van der Waals surface area (Å²) in [5.74, 6) is 0.239. The van der Waals surface area contributed by atoms with E-state index < -0.39 is 5.97 Å². The zero-order valence-electron chi connectivity index (χ0n) is 8.14. The quantitative estimate of drug-likeness (QED) is 0.941. The van der Waals surface area contributed by atoms with Gasteiger partial charge in [-0.3, -0.25) is 4.79 Å². The van der Waals surface area contributed by atoms with Crippen LogP contribution in [0.25, 0.3) is 11.1 Å². The van der Waals surface area contributed by atoms with Gasteiger partial charge in [-0.2, -0.15) is 0 Å². The van der Waals surface area contributed by atoms with E-state index >= 15 is 0 Å². The van der Waals surface area contributed by atoms with Crippen LogP contribution in [0.3, 0.4) is 0 Å².